The first-order valence-electron chi connectivity index (χ1n) is 12.2. The van der Waals surface area contributed by atoms with E-state index < -0.39 is 18.1 Å². The van der Waals surface area contributed by atoms with Crippen LogP contribution in [0.1, 0.15) is 22.3 Å². The number of hydrogen-bond donors (Lipinski definition) is 2. The van der Waals surface area contributed by atoms with Crippen LogP contribution in [0.2, 0.25) is 0 Å². The third-order valence-electron chi connectivity index (χ3n) is 5.99. The summed E-state index contributed by atoms with van der Waals surface area (Å²) in [5.74, 6) is -1.12. The molecule has 2 N–H and O–H groups in total. The van der Waals surface area contributed by atoms with Gasteiger partial charge in [0.05, 0.1) is 0 Å². The fraction of sp³-hybridized carbons (Fsp3) is 0.161. The third kappa shape index (κ3) is 7.70. The second-order valence-electron chi connectivity index (χ2n) is 8.76. The first-order chi connectivity index (χ1) is 18.1. The maximum Gasteiger partial charge on any atom is 0.408 e. The van der Waals surface area contributed by atoms with E-state index in [-0.39, 0.29) is 13.0 Å². The van der Waals surface area contributed by atoms with Crippen LogP contribution >= 0.6 is 0 Å². The molecule has 0 spiro atoms. The predicted molar refractivity (Wildman–Crippen MR) is 144 cm³/mol. The lowest BCUT2D eigenvalue weighted by Crippen LogP contribution is -2.42. The number of alkyl carbamates (subject to hydrolysis) is 1. The summed E-state index contributed by atoms with van der Waals surface area (Å²) in [7, 11) is 0. The molecule has 4 aromatic carbocycles. The van der Waals surface area contributed by atoms with Crippen molar-refractivity contribution in [3.8, 4) is 0 Å². The van der Waals surface area contributed by atoms with Crippen LogP contribution in [0.3, 0.4) is 0 Å². The van der Waals surface area contributed by atoms with Crippen molar-refractivity contribution in [2.24, 2.45) is 0 Å². The van der Waals surface area contributed by atoms with Gasteiger partial charge in [0.25, 0.3) is 0 Å². The highest BCUT2D eigenvalue weighted by Gasteiger charge is 2.24. The van der Waals surface area contributed by atoms with E-state index in [1.54, 1.807) is 0 Å². The number of carbonyl (C=O) groups excluding carboxylic acids is 1. The van der Waals surface area contributed by atoms with Crippen molar-refractivity contribution in [1.29, 1.82) is 0 Å². The van der Waals surface area contributed by atoms with E-state index in [4.69, 9.17) is 4.74 Å². The molecule has 0 heterocycles. The van der Waals surface area contributed by atoms with Gasteiger partial charge in [0, 0.05) is 25.2 Å². The normalized spacial score (nSPS) is 11.4. The lowest BCUT2D eigenvalue weighted by atomic mass is 10.0. The van der Waals surface area contributed by atoms with E-state index in [0.29, 0.717) is 13.1 Å². The van der Waals surface area contributed by atoms with Crippen LogP contribution in [-0.4, -0.2) is 23.2 Å². The molecule has 0 saturated carbocycles. The van der Waals surface area contributed by atoms with E-state index in [2.05, 4.69) is 34.5 Å². The number of para-hydroxylation sites is 1. The SMILES string of the molecule is O=C(NC(Cc1ccccc1N(Cc1ccccc1)Cc1ccccc1)C(=O)O)OCc1ccccc1. The zero-order valence-electron chi connectivity index (χ0n) is 20.5. The molecular weight excluding hydrogens is 464 g/mol. The van der Waals surface area contributed by atoms with Gasteiger partial charge in [0.2, 0.25) is 0 Å². The van der Waals surface area contributed by atoms with Gasteiger partial charge in [-0.05, 0) is 28.3 Å². The molecule has 0 saturated heterocycles. The minimum Gasteiger partial charge on any atom is -0.480 e. The van der Waals surface area contributed by atoms with Crippen LogP contribution in [0.4, 0.5) is 10.5 Å². The van der Waals surface area contributed by atoms with Crippen LogP contribution in [-0.2, 0) is 35.6 Å². The number of benzene rings is 4. The largest absolute Gasteiger partial charge is 0.480 e. The number of amides is 1. The Hall–Kier alpha value is -4.58. The molecule has 1 unspecified atom stereocenters. The number of carboxylic acid groups (broad SMARTS) is 1. The third-order valence-corrected chi connectivity index (χ3v) is 5.99. The molecule has 0 aliphatic heterocycles. The zero-order valence-corrected chi connectivity index (χ0v) is 20.5. The summed E-state index contributed by atoms with van der Waals surface area (Å²) in [5.41, 5.74) is 4.86. The summed E-state index contributed by atoms with van der Waals surface area (Å²) in [5, 5.41) is 12.4. The molecule has 6 heteroatoms. The van der Waals surface area contributed by atoms with Crippen molar-refractivity contribution < 1.29 is 19.4 Å². The first kappa shape index (κ1) is 25.5. The van der Waals surface area contributed by atoms with Gasteiger partial charge in [-0.2, -0.15) is 0 Å². The topological polar surface area (TPSA) is 78.9 Å². The van der Waals surface area contributed by atoms with E-state index in [1.165, 1.54) is 0 Å². The Bertz CT molecular complexity index is 1240. The molecule has 0 aliphatic carbocycles. The Morgan fingerprint density at radius 3 is 1.73 bits per heavy atom. The zero-order chi connectivity index (χ0) is 25.9. The summed E-state index contributed by atoms with van der Waals surface area (Å²) in [6.45, 7) is 1.37. The van der Waals surface area contributed by atoms with E-state index in [0.717, 1.165) is 27.9 Å². The minimum absolute atomic E-state index is 0.0670. The van der Waals surface area contributed by atoms with Crippen LogP contribution in [0.25, 0.3) is 0 Å². The molecule has 0 fully saturated rings. The molecule has 0 aromatic heterocycles. The summed E-state index contributed by atoms with van der Waals surface area (Å²) in [6.07, 6.45) is -0.648. The summed E-state index contributed by atoms with van der Waals surface area (Å²) in [6, 6.07) is 36.1. The maximum atomic E-state index is 12.4. The van der Waals surface area contributed by atoms with Crippen LogP contribution in [0.5, 0.6) is 0 Å². The second kappa shape index (κ2) is 12.9. The molecule has 0 aliphatic rings. The van der Waals surface area contributed by atoms with Crippen molar-refractivity contribution in [2.45, 2.75) is 32.2 Å². The Balaban J connectivity index is 1.52. The smallest absolute Gasteiger partial charge is 0.408 e. The quantitative estimate of drug-likeness (QED) is 0.275. The summed E-state index contributed by atoms with van der Waals surface area (Å²) >= 11 is 0. The average molecular weight is 495 g/mol. The molecule has 1 atom stereocenters. The van der Waals surface area contributed by atoms with Crippen molar-refractivity contribution in [3.63, 3.8) is 0 Å². The number of carbonyl (C=O) groups is 2. The fourth-order valence-corrected chi connectivity index (χ4v) is 4.15. The highest BCUT2D eigenvalue weighted by molar-refractivity contribution is 5.80. The molecular formula is C31H30N2O4. The minimum atomic E-state index is -1.14. The molecule has 37 heavy (non-hydrogen) atoms. The number of aliphatic carboxylic acids is 1. The number of nitrogens with one attached hydrogen (secondary N) is 1. The second-order valence-corrected chi connectivity index (χ2v) is 8.76. The van der Waals surface area contributed by atoms with Crippen LogP contribution in [0, 0.1) is 0 Å². The number of carboxylic acids is 1. The summed E-state index contributed by atoms with van der Waals surface area (Å²) in [4.78, 5) is 26.7. The van der Waals surface area contributed by atoms with E-state index in [1.807, 2.05) is 91.0 Å². The van der Waals surface area contributed by atoms with Crippen molar-refractivity contribution in [1.82, 2.24) is 5.32 Å². The summed E-state index contributed by atoms with van der Waals surface area (Å²) < 4.78 is 5.26. The fourth-order valence-electron chi connectivity index (χ4n) is 4.15. The van der Waals surface area contributed by atoms with Gasteiger partial charge in [-0.3, -0.25) is 0 Å². The lowest BCUT2D eigenvalue weighted by Gasteiger charge is -2.28. The van der Waals surface area contributed by atoms with Crippen molar-refractivity contribution in [3.05, 3.63) is 138 Å². The van der Waals surface area contributed by atoms with Crippen LogP contribution < -0.4 is 10.2 Å². The van der Waals surface area contributed by atoms with Gasteiger partial charge in [0.1, 0.15) is 12.6 Å². The van der Waals surface area contributed by atoms with E-state index >= 15 is 0 Å². The average Bonchev–Trinajstić information content (AvgIpc) is 2.93. The van der Waals surface area contributed by atoms with Gasteiger partial charge in [0.15, 0.2) is 0 Å². The standard InChI is InChI=1S/C31H30N2O4/c34-30(35)28(32-31(36)37-23-26-16-8-3-9-17-26)20-27-18-10-11-19-29(27)33(21-24-12-4-1-5-13-24)22-25-14-6-2-7-15-25/h1-19,28H,20-23H2,(H,32,36)(H,34,35). The number of hydrogen-bond acceptors (Lipinski definition) is 4. The number of ether oxygens (including phenoxy) is 1. The van der Waals surface area contributed by atoms with Gasteiger partial charge in [-0.25, -0.2) is 9.59 Å². The number of rotatable bonds is 11. The molecule has 4 aromatic rings. The van der Waals surface area contributed by atoms with Gasteiger partial charge < -0.3 is 20.1 Å². The Kier molecular flexibility index (Phi) is 8.92. The highest BCUT2D eigenvalue weighted by Crippen LogP contribution is 2.26. The first-order valence-corrected chi connectivity index (χ1v) is 12.2. The van der Waals surface area contributed by atoms with Crippen LogP contribution in [0.15, 0.2) is 115 Å². The number of anilines is 1. The van der Waals surface area contributed by atoms with Crippen molar-refractivity contribution >= 4 is 17.7 Å². The molecule has 0 bridgehead atoms. The van der Waals surface area contributed by atoms with Crippen molar-refractivity contribution in [2.75, 3.05) is 4.90 Å². The maximum absolute atomic E-state index is 12.4. The molecule has 1 amide bonds. The molecule has 0 radical (unpaired) electrons. The Morgan fingerprint density at radius 2 is 1.19 bits per heavy atom. The van der Waals surface area contributed by atoms with E-state index in [9.17, 15) is 14.7 Å². The Labute approximate surface area is 217 Å². The Morgan fingerprint density at radius 1 is 0.703 bits per heavy atom. The molecule has 4 rings (SSSR count). The number of nitrogens with zero attached hydrogens (tertiary/aromatic N) is 1. The highest BCUT2D eigenvalue weighted by atomic mass is 16.5. The van der Waals surface area contributed by atoms with Gasteiger partial charge in [-0.15, -0.1) is 0 Å². The predicted octanol–water partition coefficient (Wildman–Crippen LogP) is 5.82. The van der Waals surface area contributed by atoms with Gasteiger partial charge >= 0.3 is 12.1 Å². The monoisotopic (exact) mass is 494 g/mol. The molecule has 188 valence electrons. The molecule has 6 nitrogen and oxygen atoms in total. The van der Waals surface area contributed by atoms with Gasteiger partial charge in [-0.1, -0.05) is 109 Å². The lowest BCUT2D eigenvalue weighted by molar-refractivity contribution is -0.139.